The third kappa shape index (κ3) is 11.0. The van der Waals surface area contributed by atoms with Gasteiger partial charge in [0.1, 0.15) is 0 Å². The number of hydrogen-bond donors (Lipinski definition) is 2. The van der Waals surface area contributed by atoms with Crippen LogP contribution in [0, 0.1) is 0 Å². The van der Waals surface area contributed by atoms with Gasteiger partial charge in [-0.05, 0) is 46.2 Å². The second-order valence-corrected chi connectivity index (χ2v) is 15.6. The van der Waals surface area contributed by atoms with Crippen LogP contribution in [0.1, 0.15) is 55.9 Å². The molecule has 0 saturated heterocycles. The van der Waals surface area contributed by atoms with Crippen molar-refractivity contribution >= 4 is 45.1 Å². The molecule has 8 heteroatoms. The first-order valence-corrected chi connectivity index (χ1v) is 19.7. The predicted octanol–water partition coefficient (Wildman–Crippen LogP) is 8.66. The van der Waals surface area contributed by atoms with Gasteiger partial charge in [0.2, 0.25) is 11.8 Å². The molecular formula is C43H50N4O2S2. The highest BCUT2D eigenvalue weighted by atomic mass is 32.2. The molecule has 2 atom stereocenters. The highest BCUT2D eigenvalue weighted by Gasteiger charge is 2.24. The van der Waals surface area contributed by atoms with E-state index in [-0.39, 0.29) is 22.4 Å². The highest BCUT2D eigenvalue weighted by molar-refractivity contribution is 8.09. The molecule has 4 aromatic carbocycles. The SMILES string of the molecule is CCCN(CC(C)S/C(=C\N)c1ccc(-c2ccc(C3=CNC(CN(CCC)C(=O)Cc4ccccc4)S3)cc2)cc1)C(=O)Cc1ccccc1. The van der Waals surface area contributed by atoms with Crippen LogP contribution in [-0.4, -0.2) is 58.4 Å². The second-order valence-electron chi connectivity index (χ2n) is 12.9. The van der Waals surface area contributed by atoms with Crippen LogP contribution in [-0.2, 0) is 22.4 Å². The minimum Gasteiger partial charge on any atom is -0.404 e. The van der Waals surface area contributed by atoms with Crippen molar-refractivity contribution in [1.82, 2.24) is 15.1 Å². The molecule has 3 N–H and O–H groups in total. The number of nitrogens with two attached hydrogens (primary N) is 1. The molecule has 2 amide bonds. The van der Waals surface area contributed by atoms with Gasteiger partial charge >= 0.3 is 0 Å². The standard InChI is InChI=1S/C43H50N4O2S2/c1-4-24-46(42(48)26-33-12-8-6-9-13-33)30-32(3)50-39(28-44)37-20-16-35(17-21-37)36-18-22-38(23-19-36)40-29-45-41(51-40)31-47(25-5-2)43(49)27-34-14-10-7-11-15-34/h6-23,28-29,32,41,45H,4-5,24-27,30-31,44H2,1-3H3/b39-28-. The Labute approximate surface area is 312 Å². The molecule has 0 spiro atoms. The molecule has 1 heterocycles. The number of rotatable bonds is 17. The van der Waals surface area contributed by atoms with Gasteiger partial charge in [-0.25, -0.2) is 0 Å². The van der Waals surface area contributed by atoms with Crippen molar-refractivity contribution in [3.05, 3.63) is 144 Å². The Morgan fingerprint density at radius 2 is 1.27 bits per heavy atom. The van der Waals surface area contributed by atoms with Gasteiger partial charge in [-0.3, -0.25) is 9.59 Å². The Hall–Kier alpha value is -4.40. The van der Waals surface area contributed by atoms with Gasteiger partial charge in [0.25, 0.3) is 0 Å². The maximum absolute atomic E-state index is 13.1. The molecule has 0 bridgehead atoms. The third-order valence-electron chi connectivity index (χ3n) is 8.77. The quantitative estimate of drug-likeness (QED) is 0.114. The lowest BCUT2D eigenvalue weighted by atomic mass is 10.0. The molecule has 4 aromatic rings. The van der Waals surface area contributed by atoms with Crippen LogP contribution in [0.3, 0.4) is 0 Å². The third-order valence-corrected chi connectivity index (χ3v) is 11.1. The van der Waals surface area contributed by atoms with E-state index >= 15 is 0 Å². The highest BCUT2D eigenvalue weighted by Crippen LogP contribution is 2.36. The molecule has 2 unspecified atom stereocenters. The summed E-state index contributed by atoms with van der Waals surface area (Å²) in [4.78, 5) is 32.4. The summed E-state index contributed by atoms with van der Waals surface area (Å²) in [5, 5.41) is 3.80. The number of carbonyl (C=O) groups excluding carboxylic acids is 2. The van der Waals surface area contributed by atoms with E-state index in [1.807, 2.05) is 70.5 Å². The smallest absolute Gasteiger partial charge is 0.227 e. The first-order chi connectivity index (χ1) is 24.9. The Morgan fingerprint density at radius 1 is 0.765 bits per heavy atom. The molecule has 51 heavy (non-hydrogen) atoms. The minimum absolute atomic E-state index is 0.119. The van der Waals surface area contributed by atoms with Crippen molar-refractivity contribution in [2.75, 3.05) is 26.2 Å². The van der Waals surface area contributed by atoms with Crippen LogP contribution in [0.15, 0.2) is 122 Å². The van der Waals surface area contributed by atoms with E-state index in [9.17, 15) is 9.59 Å². The molecule has 1 aliphatic rings. The molecule has 0 aromatic heterocycles. The lowest BCUT2D eigenvalue weighted by molar-refractivity contribution is -0.131. The second kappa shape index (κ2) is 19.3. The maximum Gasteiger partial charge on any atom is 0.227 e. The minimum atomic E-state index is 0.119. The summed E-state index contributed by atoms with van der Waals surface area (Å²) in [5.41, 5.74) is 12.7. The fourth-order valence-corrected chi connectivity index (χ4v) is 8.34. The molecule has 0 saturated carbocycles. The van der Waals surface area contributed by atoms with Crippen molar-refractivity contribution in [3.63, 3.8) is 0 Å². The van der Waals surface area contributed by atoms with E-state index < -0.39 is 0 Å². The molecule has 6 nitrogen and oxygen atoms in total. The van der Waals surface area contributed by atoms with Crippen molar-refractivity contribution in [3.8, 4) is 11.1 Å². The predicted molar refractivity (Wildman–Crippen MR) is 218 cm³/mol. The van der Waals surface area contributed by atoms with Crippen LogP contribution >= 0.6 is 23.5 Å². The van der Waals surface area contributed by atoms with Crippen LogP contribution in [0.25, 0.3) is 20.9 Å². The molecule has 266 valence electrons. The first-order valence-electron chi connectivity index (χ1n) is 17.9. The number of amides is 2. The summed E-state index contributed by atoms with van der Waals surface area (Å²) in [6, 6.07) is 37.1. The maximum atomic E-state index is 13.1. The Balaban J connectivity index is 1.14. The Kier molecular flexibility index (Phi) is 14.3. The van der Waals surface area contributed by atoms with Gasteiger partial charge < -0.3 is 20.9 Å². The van der Waals surface area contributed by atoms with Crippen molar-refractivity contribution in [2.45, 2.75) is 57.1 Å². The van der Waals surface area contributed by atoms with Crippen LogP contribution in [0.5, 0.6) is 0 Å². The van der Waals surface area contributed by atoms with Crippen LogP contribution in [0.2, 0.25) is 0 Å². The normalized spacial score (nSPS) is 14.8. The molecule has 0 fully saturated rings. The van der Waals surface area contributed by atoms with Crippen molar-refractivity contribution in [2.24, 2.45) is 5.73 Å². The van der Waals surface area contributed by atoms with E-state index in [0.29, 0.717) is 25.9 Å². The van der Waals surface area contributed by atoms with Crippen molar-refractivity contribution in [1.29, 1.82) is 0 Å². The van der Waals surface area contributed by atoms with Gasteiger partial charge in [-0.1, -0.05) is 142 Å². The van der Waals surface area contributed by atoms with Gasteiger partial charge in [-0.2, -0.15) is 0 Å². The zero-order chi connectivity index (χ0) is 36.0. The van der Waals surface area contributed by atoms with Gasteiger partial charge in [0, 0.05) is 47.1 Å². The number of benzene rings is 4. The number of hydrogen-bond acceptors (Lipinski definition) is 6. The number of carbonyl (C=O) groups is 2. The zero-order valence-electron chi connectivity index (χ0n) is 30.0. The van der Waals surface area contributed by atoms with Gasteiger partial charge in [-0.15, -0.1) is 11.8 Å². The molecular weight excluding hydrogens is 669 g/mol. The van der Waals surface area contributed by atoms with Gasteiger partial charge in [0.15, 0.2) is 0 Å². The van der Waals surface area contributed by atoms with Crippen LogP contribution in [0.4, 0.5) is 0 Å². The Bertz CT molecular complexity index is 1760. The molecule has 0 aliphatic carbocycles. The summed E-state index contributed by atoms with van der Waals surface area (Å²) in [6.45, 7) is 9.21. The van der Waals surface area contributed by atoms with E-state index in [2.05, 4.69) is 80.8 Å². The molecule has 1 aliphatic heterocycles. The lowest BCUT2D eigenvalue weighted by Crippen LogP contribution is -2.40. The first kappa shape index (κ1) is 37.8. The van der Waals surface area contributed by atoms with E-state index in [4.69, 9.17) is 5.73 Å². The molecule has 5 rings (SSSR count). The topological polar surface area (TPSA) is 78.7 Å². The van der Waals surface area contributed by atoms with E-state index in [1.54, 1.807) is 29.7 Å². The summed E-state index contributed by atoms with van der Waals surface area (Å²) >= 11 is 3.48. The van der Waals surface area contributed by atoms with E-state index in [0.717, 1.165) is 64.2 Å². The number of thioether (sulfide) groups is 2. The summed E-state index contributed by atoms with van der Waals surface area (Å²) in [5.74, 6) is 0.328. The van der Waals surface area contributed by atoms with Gasteiger partial charge in [0.05, 0.1) is 24.8 Å². The average molecular weight is 719 g/mol. The number of nitrogens with zero attached hydrogens (tertiary/aromatic N) is 2. The number of nitrogens with one attached hydrogen (secondary N) is 1. The fraction of sp³-hybridized carbons (Fsp3) is 0.302. The monoisotopic (exact) mass is 718 g/mol. The fourth-order valence-electron chi connectivity index (χ4n) is 6.19. The van der Waals surface area contributed by atoms with Crippen molar-refractivity contribution < 1.29 is 9.59 Å². The summed E-state index contributed by atoms with van der Waals surface area (Å²) in [7, 11) is 0. The van der Waals surface area contributed by atoms with E-state index in [1.165, 1.54) is 4.91 Å². The largest absolute Gasteiger partial charge is 0.404 e. The van der Waals surface area contributed by atoms with Crippen LogP contribution < -0.4 is 11.1 Å². The summed E-state index contributed by atoms with van der Waals surface area (Å²) in [6.07, 6.45) is 6.45. The zero-order valence-corrected chi connectivity index (χ0v) is 31.6. The average Bonchev–Trinajstić information content (AvgIpc) is 3.63. The Morgan fingerprint density at radius 3 is 1.82 bits per heavy atom. The molecule has 0 radical (unpaired) electrons. The lowest BCUT2D eigenvalue weighted by Gasteiger charge is -2.26. The summed E-state index contributed by atoms with van der Waals surface area (Å²) < 4.78 is 0.